The van der Waals surface area contributed by atoms with Gasteiger partial charge in [0.1, 0.15) is 0 Å². The molecule has 0 aliphatic carbocycles. The van der Waals surface area contributed by atoms with Crippen molar-refractivity contribution in [2.45, 2.75) is 30.1 Å². The number of halogens is 5. The lowest BCUT2D eigenvalue weighted by Gasteiger charge is -2.31. The quantitative estimate of drug-likeness (QED) is 0.224. The Morgan fingerprint density at radius 1 is 1.05 bits per heavy atom. The molecular weight excluding hydrogens is 581 g/mol. The average molecular weight is 602 g/mol. The van der Waals surface area contributed by atoms with Crippen molar-refractivity contribution in [1.29, 1.82) is 0 Å². The fourth-order valence-electron chi connectivity index (χ4n) is 3.93. The van der Waals surface area contributed by atoms with Crippen LogP contribution in [-0.4, -0.2) is 71.1 Å². The Balaban J connectivity index is 1.50. The number of amides is 1. The summed E-state index contributed by atoms with van der Waals surface area (Å²) in [5, 5.41) is -0.563. The first kappa shape index (κ1) is 29.7. The molecule has 0 N–H and O–H groups in total. The van der Waals surface area contributed by atoms with Gasteiger partial charge in [-0.3, -0.25) is 4.79 Å². The van der Waals surface area contributed by atoms with Gasteiger partial charge < -0.3 is 14.4 Å². The number of ether oxygens (including phenoxy) is 2. The van der Waals surface area contributed by atoms with Gasteiger partial charge in [-0.25, -0.2) is 36.9 Å². The second-order valence-electron chi connectivity index (χ2n) is 8.83. The van der Waals surface area contributed by atoms with Crippen molar-refractivity contribution >= 4 is 21.7 Å². The van der Waals surface area contributed by atoms with E-state index < -0.39 is 74.7 Å². The second-order valence-corrected chi connectivity index (χ2v) is 10.7. The minimum atomic E-state index is -4.84. The number of aromatic nitrogens is 4. The number of ketones is 1. The molecule has 218 valence electrons. The first-order chi connectivity index (χ1) is 19.2. The standard InChI is InChI=1S/C24H20F5N5O6S/c1-41(37,38)22-31-11-14(17(35)12-39-18-5-8-30-21(32-18)24(27,28)29)19(33-22)13-6-9-34(10-7-13)23(36)40-20-15(25)3-2-4-16(20)26/h2-5,8,11,13H,6-7,9-10,12H2,1H3. The molecule has 0 spiro atoms. The third-order valence-electron chi connectivity index (χ3n) is 5.91. The molecule has 0 atom stereocenters. The SMILES string of the molecule is CS(=O)(=O)c1ncc(C(=O)COc2ccnc(C(F)(F)F)n2)c(C2CCN(C(=O)Oc3c(F)cccc3F)CC2)n1. The molecule has 1 aromatic carbocycles. The molecule has 0 bridgehead atoms. The highest BCUT2D eigenvalue weighted by molar-refractivity contribution is 7.90. The van der Waals surface area contributed by atoms with Gasteiger partial charge in [-0.2, -0.15) is 18.2 Å². The first-order valence-corrected chi connectivity index (χ1v) is 13.7. The molecule has 3 heterocycles. The van der Waals surface area contributed by atoms with E-state index in [-0.39, 0.29) is 37.2 Å². The van der Waals surface area contributed by atoms with Gasteiger partial charge in [-0.15, -0.1) is 0 Å². The number of Topliss-reactive ketones (excluding diaryl/α,β-unsaturated/α-hetero) is 1. The minimum Gasteiger partial charge on any atom is -0.469 e. The van der Waals surface area contributed by atoms with E-state index in [4.69, 9.17) is 9.47 Å². The Hall–Kier alpha value is -4.28. The molecule has 1 aliphatic heterocycles. The van der Waals surface area contributed by atoms with Crippen molar-refractivity contribution in [1.82, 2.24) is 24.8 Å². The van der Waals surface area contributed by atoms with Gasteiger partial charge in [0.15, 0.2) is 18.2 Å². The van der Waals surface area contributed by atoms with Gasteiger partial charge in [0.25, 0.3) is 0 Å². The van der Waals surface area contributed by atoms with Gasteiger partial charge in [-0.05, 0) is 25.0 Å². The average Bonchev–Trinajstić information content (AvgIpc) is 2.92. The highest BCUT2D eigenvalue weighted by Gasteiger charge is 2.35. The number of hydrogen-bond donors (Lipinski definition) is 0. The molecule has 1 aliphatic rings. The Bertz CT molecular complexity index is 1560. The number of rotatable bonds is 7. The predicted molar refractivity (Wildman–Crippen MR) is 128 cm³/mol. The largest absolute Gasteiger partial charge is 0.469 e. The van der Waals surface area contributed by atoms with E-state index in [0.29, 0.717) is 0 Å². The molecular formula is C24H20F5N5O6S. The van der Waals surface area contributed by atoms with Crippen LogP contribution in [0.25, 0.3) is 0 Å². The predicted octanol–water partition coefficient (Wildman–Crippen LogP) is 3.61. The molecule has 1 saturated heterocycles. The lowest BCUT2D eigenvalue weighted by molar-refractivity contribution is -0.145. The van der Waals surface area contributed by atoms with E-state index >= 15 is 0 Å². The number of piperidine rings is 1. The van der Waals surface area contributed by atoms with Crippen LogP contribution in [0.3, 0.4) is 0 Å². The van der Waals surface area contributed by atoms with Crippen molar-refractivity contribution in [2.24, 2.45) is 0 Å². The number of likely N-dealkylation sites (tertiary alicyclic amines) is 1. The van der Waals surface area contributed by atoms with Crippen LogP contribution in [0, 0.1) is 11.6 Å². The number of para-hydroxylation sites is 1. The number of carbonyl (C=O) groups is 2. The minimum absolute atomic E-state index is 0.00304. The molecule has 3 aromatic rings. The summed E-state index contributed by atoms with van der Waals surface area (Å²) < 4.78 is 100. The smallest absolute Gasteiger partial charge is 0.451 e. The van der Waals surface area contributed by atoms with Gasteiger partial charge in [0.2, 0.25) is 38.2 Å². The van der Waals surface area contributed by atoms with Crippen molar-refractivity contribution in [3.05, 3.63) is 65.4 Å². The van der Waals surface area contributed by atoms with Crippen LogP contribution in [0.4, 0.5) is 26.7 Å². The molecule has 41 heavy (non-hydrogen) atoms. The van der Waals surface area contributed by atoms with Crippen molar-refractivity contribution < 1.29 is 49.4 Å². The van der Waals surface area contributed by atoms with Crippen LogP contribution < -0.4 is 9.47 Å². The Labute approximate surface area is 229 Å². The molecule has 1 fully saturated rings. The normalized spacial score (nSPS) is 14.5. The number of benzene rings is 1. The number of nitrogens with zero attached hydrogens (tertiary/aromatic N) is 5. The molecule has 17 heteroatoms. The zero-order valence-corrected chi connectivity index (χ0v) is 21.9. The lowest BCUT2D eigenvalue weighted by atomic mass is 9.90. The number of alkyl halides is 3. The van der Waals surface area contributed by atoms with Crippen molar-refractivity contribution in [2.75, 3.05) is 26.0 Å². The van der Waals surface area contributed by atoms with Gasteiger partial charge in [0, 0.05) is 43.7 Å². The maximum atomic E-state index is 13.9. The van der Waals surface area contributed by atoms with E-state index in [9.17, 15) is 40.0 Å². The summed E-state index contributed by atoms with van der Waals surface area (Å²) in [6.07, 6.45) is -2.90. The zero-order valence-electron chi connectivity index (χ0n) is 21.1. The van der Waals surface area contributed by atoms with Crippen LogP contribution in [-0.2, 0) is 16.0 Å². The molecule has 0 radical (unpaired) electrons. The van der Waals surface area contributed by atoms with E-state index in [1.54, 1.807) is 0 Å². The second kappa shape index (κ2) is 11.7. The van der Waals surface area contributed by atoms with Gasteiger partial charge >= 0.3 is 12.3 Å². The number of hydrogen-bond acceptors (Lipinski definition) is 10. The van der Waals surface area contributed by atoms with Gasteiger partial charge in [-0.1, -0.05) is 6.07 Å². The molecule has 2 aromatic heterocycles. The molecule has 1 amide bonds. The first-order valence-electron chi connectivity index (χ1n) is 11.8. The maximum Gasteiger partial charge on any atom is 0.451 e. The van der Waals surface area contributed by atoms with Crippen LogP contribution in [0.2, 0.25) is 0 Å². The third kappa shape index (κ3) is 7.08. The summed E-state index contributed by atoms with van der Waals surface area (Å²) >= 11 is 0. The lowest BCUT2D eigenvalue weighted by Crippen LogP contribution is -2.40. The summed E-state index contributed by atoms with van der Waals surface area (Å²) in [5.41, 5.74) is -0.113. The van der Waals surface area contributed by atoms with Crippen LogP contribution in [0.5, 0.6) is 11.6 Å². The summed E-state index contributed by atoms with van der Waals surface area (Å²) in [6.45, 7) is -0.769. The maximum absolute atomic E-state index is 13.9. The monoisotopic (exact) mass is 601 g/mol. The van der Waals surface area contributed by atoms with Crippen molar-refractivity contribution in [3.8, 4) is 11.6 Å². The van der Waals surface area contributed by atoms with Gasteiger partial charge in [0.05, 0.1) is 11.3 Å². The van der Waals surface area contributed by atoms with E-state index in [0.717, 1.165) is 42.9 Å². The summed E-state index contributed by atoms with van der Waals surface area (Å²) in [5.74, 6) is -6.31. The van der Waals surface area contributed by atoms with E-state index in [1.807, 2.05) is 0 Å². The Morgan fingerprint density at radius 3 is 2.32 bits per heavy atom. The highest BCUT2D eigenvalue weighted by Crippen LogP contribution is 2.31. The molecule has 0 unspecified atom stereocenters. The number of sulfone groups is 1. The zero-order chi connectivity index (χ0) is 29.9. The van der Waals surface area contributed by atoms with E-state index in [1.165, 1.54) is 4.90 Å². The molecule has 4 rings (SSSR count). The third-order valence-corrected chi connectivity index (χ3v) is 6.77. The topological polar surface area (TPSA) is 142 Å². The summed E-state index contributed by atoms with van der Waals surface area (Å²) in [7, 11) is -3.89. The summed E-state index contributed by atoms with van der Waals surface area (Å²) in [6, 6.07) is 3.98. The number of carbonyl (C=O) groups excluding carboxylic acids is 2. The van der Waals surface area contributed by atoms with Crippen LogP contribution in [0.1, 0.15) is 40.6 Å². The fraction of sp³-hybridized carbons (Fsp3) is 0.333. The highest BCUT2D eigenvalue weighted by atomic mass is 32.2. The van der Waals surface area contributed by atoms with Crippen LogP contribution in [0.15, 0.2) is 41.8 Å². The van der Waals surface area contributed by atoms with Crippen molar-refractivity contribution in [3.63, 3.8) is 0 Å². The Kier molecular flexibility index (Phi) is 8.46. The molecule has 0 saturated carbocycles. The summed E-state index contributed by atoms with van der Waals surface area (Å²) in [4.78, 5) is 40.8. The van der Waals surface area contributed by atoms with Crippen LogP contribution >= 0.6 is 0 Å². The Morgan fingerprint density at radius 2 is 1.71 bits per heavy atom. The molecule has 11 nitrogen and oxygen atoms in total. The van der Waals surface area contributed by atoms with E-state index in [2.05, 4.69) is 19.9 Å². The fourth-order valence-corrected chi connectivity index (χ4v) is 4.43.